The second-order valence-electron chi connectivity index (χ2n) is 17.2. The van der Waals surface area contributed by atoms with E-state index in [9.17, 15) is 29.1 Å². The standard InChI is InChI=1S/C39H59NO9/c1-22(2)24-14-19-39(34(45)46)21-20-36(5)25(31(24)39)10-12-27-35(4)17-16-29(49-23(3)41)38(7,28(35)15-18-37(27,36)6)33(44)40-26(32(43)48-9)11-13-30(42)47-8/h24-29,31H,1,10-21H2,2-9H3,(H,40,44)(H,45,46)/t24-,25+,26-,27+,28+,29+,31+,35+,36+,37+,38-,39-/m0/s1. The highest BCUT2D eigenvalue weighted by molar-refractivity contribution is 5.89. The van der Waals surface area contributed by atoms with Crippen molar-refractivity contribution in [2.24, 2.45) is 56.7 Å². The molecule has 0 spiro atoms. The van der Waals surface area contributed by atoms with Gasteiger partial charge in [0.1, 0.15) is 12.1 Å². The van der Waals surface area contributed by atoms with Crippen LogP contribution in [-0.4, -0.2) is 61.3 Å². The summed E-state index contributed by atoms with van der Waals surface area (Å²) in [6.45, 7) is 16.9. The quantitative estimate of drug-likeness (QED) is 0.163. The minimum Gasteiger partial charge on any atom is -0.481 e. The summed E-state index contributed by atoms with van der Waals surface area (Å²) in [5, 5.41) is 13.6. The van der Waals surface area contributed by atoms with Crippen molar-refractivity contribution in [2.45, 2.75) is 131 Å². The van der Waals surface area contributed by atoms with E-state index in [1.807, 2.05) is 6.92 Å². The first kappa shape index (κ1) is 37.3. The third-order valence-electron chi connectivity index (χ3n) is 15.6. The molecular weight excluding hydrogens is 626 g/mol. The van der Waals surface area contributed by atoms with E-state index in [0.717, 1.165) is 50.5 Å². The van der Waals surface area contributed by atoms with Gasteiger partial charge in [-0.05, 0) is 130 Å². The lowest BCUT2D eigenvalue weighted by molar-refractivity contribution is -0.250. The molecule has 5 aliphatic carbocycles. The molecular formula is C39H59NO9. The fraction of sp³-hybridized carbons (Fsp3) is 0.821. The lowest BCUT2D eigenvalue weighted by atomic mass is 9.32. The van der Waals surface area contributed by atoms with E-state index in [0.29, 0.717) is 19.3 Å². The van der Waals surface area contributed by atoms with Crippen LogP contribution in [-0.2, 0) is 38.2 Å². The molecule has 1 amide bonds. The van der Waals surface area contributed by atoms with Crippen LogP contribution < -0.4 is 5.32 Å². The summed E-state index contributed by atoms with van der Waals surface area (Å²) in [6.07, 6.45) is 7.21. The predicted molar refractivity (Wildman–Crippen MR) is 182 cm³/mol. The predicted octanol–water partition coefficient (Wildman–Crippen LogP) is 6.25. The maximum atomic E-state index is 14.6. The molecule has 274 valence electrons. The zero-order valence-corrected chi connectivity index (χ0v) is 30.9. The summed E-state index contributed by atoms with van der Waals surface area (Å²) < 4.78 is 15.7. The number of ether oxygens (including phenoxy) is 3. The van der Waals surface area contributed by atoms with Crippen molar-refractivity contribution in [3.63, 3.8) is 0 Å². The number of fused-ring (bicyclic) bond motifs is 7. The van der Waals surface area contributed by atoms with Gasteiger partial charge in [0.05, 0.1) is 25.0 Å². The Morgan fingerprint density at radius 1 is 0.837 bits per heavy atom. The van der Waals surface area contributed by atoms with Crippen molar-refractivity contribution in [3.05, 3.63) is 12.2 Å². The van der Waals surface area contributed by atoms with Gasteiger partial charge in [0.2, 0.25) is 5.91 Å². The SMILES string of the molecule is C=C(C)[C@@H]1CC[C@]2(C(=O)O)CC[C@]3(C)[C@H](CC[C@@H]4[C@@]5(C)CC[C@@H](OC(C)=O)[C@@](C)(C(=O)N[C@@H](CCC(=O)OC)C(=O)OC)[C@@H]5CC[C@]43C)[C@@H]12. The topological polar surface area (TPSA) is 145 Å². The van der Waals surface area contributed by atoms with Gasteiger partial charge in [0.15, 0.2) is 0 Å². The number of hydrogen-bond acceptors (Lipinski definition) is 8. The van der Waals surface area contributed by atoms with Crippen molar-refractivity contribution in [1.82, 2.24) is 5.32 Å². The van der Waals surface area contributed by atoms with Crippen LogP contribution in [0.25, 0.3) is 0 Å². The molecule has 2 N–H and O–H groups in total. The molecule has 12 atom stereocenters. The smallest absolute Gasteiger partial charge is 0.328 e. The molecule has 10 heteroatoms. The number of carbonyl (C=O) groups is 5. The Bertz CT molecular complexity index is 1390. The van der Waals surface area contributed by atoms with Gasteiger partial charge in [-0.25, -0.2) is 4.79 Å². The number of carbonyl (C=O) groups excluding carboxylic acids is 4. The van der Waals surface area contributed by atoms with E-state index < -0.39 is 46.9 Å². The fourth-order valence-corrected chi connectivity index (χ4v) is 12.9. The van der Waals surface area contributed by atoms with E-state index in [-0.39, 0.29) is 64.6 Å². The maximum absolute atomic E-state index is 14.6. The Kier molecular flexibility index (Phi) is 9.91. The van der Waals surface area contributed by atoms with Crippen molar-refractivity contribution in [2.75, 3.05) is 14.2 Å². The molecule has 49 heavy (non-hydrogen) atoms. The normalized spacial score (nSPS) is 42.9. The van der Waals surface area contributed by atoms with Crippen LogP contribution in [0.5, 0.6) is 0 Å². The summed E-state index contributed by atoms with van der Waals surface area (Å²) in [5.41, 5.74) is -1.18. The van der Waals surface area contributed by atoms with Crippen LogP contribution >= 0.6 is 0 Å². The average molecular weight is 686 g/mol. The van der Waals surface area contributed by atoms with E-state index in [2.05, 4.69) is 39.6 Å². The van der Waals surface area contributed by atoms with Crippen LogP contribution in [0.15, 0.2) is 12.2 Å². The molecule has 5 rings (SSSR count). The third kappa shape index (κ3) is 5.53. The van der Waals surface area contributed by atoms with Gasteiger partial charge in [-0.2, -0.15) is 0 Å². The Morgan fingerprint density at radius 2 is 1.53 bits per heavy atom. The molecule has 5 fully saturated rings. The third-order valence-corrected chi connectivity index (χ3v) is 15.6. The second-order valence-corrected chi connectivity index (χ2v) is 17.2. The van der Waals surface area contributed by atoms with Crippen LogP contribution in [0.4, 0.5) is 0 Å². The molecule has 5 aliphatic rings. The number of carboxylic acids is 1. The van der Waals surface area contributed by atoms with E-state index in [1.165, 1.54) is 21.1 Å². The lowest BCUT2D eigenvalue weighted by Gasteiger charge is -2.72. The molecule has 0 aliphatic heterocycles. The summed E-state index contributed by atoms with van der Waals surface area (Å²) in [5.74, 6) is -1.96. The average Bonchev–Trinajstić information content (AvgIpc) is 3.45. The minimum absolute atomic E-state index is 0.0198. The Balaban J connectivity index is 1.51. The molecule has 5 saturated carbocycles. The van der Waals surface area contributed by atoms with E-state index in [1.54, 1.807) is 0 Å². The first-order chi connectivity index (χ1) is 22.9. The summed E-state index contributed by atoms with van der Waals surface area (Å²) >= 11 is 0. The zero-order valence-electron chi connectivity index (χ0n) is 30.9. The van der Waals surface area contributed by atoms with Gasteiger partial charge in [0.25, 0.3) is 0 Å². The molecule has 0 saturated heterocycles. The summed E-state index contributed by atoms with van der Waals surface area (Å²) in [4.78, 5) is 64.9. The van der Waals surface area contributed by atoms with Gasteiger partial charge in [-0.15, -0.1) is 0 Å². The van der Waals surface area contributed by atoms with Crippen molar-refractivity contribution in [1.29, 1.82) is 0 Å². The highest BCUT2D eigenvalue weighted by atomic mass is 16.5. The summed E-state index contributed by atoms with van der Waals surface area (Å²) in [7, 11) is 2.52. The number of aliphatic carboxylic acids is 1. The number of nitrogens with one attached hydrogen (secondary N) is 1. The first-order valence-electron chi connectivity index (χ1n) is 18.4. The second kappa shape index (κ2) is 13.0. The number of rotatable bonds is 9. The molecule has 0 aromatic carbocycles. The molecule has 0 aromatic rings. The molecule has 0 bridgehead atoms. The van der Waals surface area contributed by atoms with Crippen LogP contribution in [0.3, 0.4) is 0 Å². The van der Waals surface area contributed by atoms with Gasteiger partial charge in [-0.1, -0.05) is 32.9 Å². The highest BCUT2D eigenvalue weighted by Gasteiger charge is 2.73. The Hall–Kier alpha value is -2.91. The van der Waals surface area contributed by atoms with Gasteiger partial charge >= 0.3 is 23.9 Å². The Labute approximate surface area is 291 Å². The van der Waals surface area contributed by atoms with Gasteiger partial charge < -0.3 is 24.6 Å². The minimum atomic E-state index is -1.14. The van der Waals surface area contributed by atoms with Crippen LogP contribution in [0.1, 0.15) is 119 Å². The number of hydrogen-bond donors (Lipinski definition) is 2. The lowest BCUT2D eigenvalue weighted by Crippen LogP contribution is -2.69. The highest BCUT2D eigenvalue weighted by Crippen LogP contribution is 2.77. The van der Waals surface area contributed by atoms with Gasteiger partial charge in [-0.3, -0.25) is 19.2 Å². The maximum Gasteiger partial charge on any atom is 0.328 e. The monoisotopic (exact) mass is 685 g/mol. The van der Waals surface area contributed by atoms with Crippen molar-refractivity contribution in [3.8, 4) is 0 Å². The van der Waals surface area contributed by atoms with Crippen LogP contribution in [0, 0.1) is 56.7 Å². The van der Waals surface area contributed by atoms with E-state index >= 15 is 0 Å². The molecule has 0 unspecified atom stereocenters. The number of methoxy groups -OCH3 is 2. The largest absolute Gasteiger partial charge is 0.481 e. The zero-order chi connectivity index (χ0) is 36.3. The number of esters is 3. The Morgan fingerprint density at radius 3 is 2.12 bits per heavy atom. The van der Waals surface area contributed by atoms with Crippen LogP contribution in [0.2, 0.25) is 0 Å². The van der Waals surface area contributed by atoms with Crippen molar-refractivity contribution >= 4 is 29.8 Å². The van der Waals surface area contributed by atoms with E-state index in [4.69, 9.17) is 14.2 Å². The number of carboxylic acid groups (broad SMARTS) is 1. The number of amides is 1. The fourth-order valence-electron chi connectivity index (χ4n) is 12.9. The molecule has 0 radical (unpaired) electrons. The number of allylic oxidation sites excluding steroid dienone is 1. The summed E-state index contributed by atoms with van der Waals surface area (Å²) in [6, 6.07) is -1.06. The molecule has 10 nitrogen and oxygen atoms in total. The van der Waals surface area contributed by atoms with Crippen molar-refractivity contribution < 1.29 is 43.3 Å². The first-order valence-corrected chi connectivity index (χ1v) is 18.4. The van der Waals surface area contributed by atoms with Gasteiger partial charge in [0, 0.05) is 13.3 Å². The molecule has 0 aromatic heterocycles. The molecule has 0 heterocycles.